The fourth-order valence-electron chi connectivity index (χ4n) is 2.48. The molecule has 0 spiro atoms. The van der Waals surface area contributed by atoms with Crippen molar-refractivity contribution in [2.75, 3.05) is 20.3 Å². The number of amides is 1. The Morgan fingerprint density at radius 1 is 0.966 bits per heavy atom. The lowest BCUT2D eigenvalue weighted by Crippen LogP contribution is -2.31. The molecule has 8 heteroatoms. The van der Waals surface area contributed by atoms with Gasteiger partial charge in [-0.15, -0.1) is 0 Å². The second-order valence-corrected chi connectivity index (χ2v) is 8.84. The Morgan fingerprint density at radius 3 is 2.10 bits per heavy atom. The van der Waals surface area contributed by atoms with Gasteiger partial charge in [-0.1, -0.05) is 26.0 Å². The zero-order valence-electron chi connectivity index (χ0n) is 17.1. The summed E-state index contributed by atoms with van der Waals surface area (Å²) in [6.07, 6.45) is 0. The Labute approximate surface area is 172 Å². The second-order valence-electron chi connectivity index (χ2n) is 7.07. The van der Waals surface area contributed by atoms with Crippen molar-refractivity contribution in [2.45, 2.75) is 31.7 Å². The zero-order valence-corrected chi connectivity index (χ0v) is 18.0. The third-order valence-electron chi connectivity index (χ3n) is 4.18. The van der Waals surface area contributed by atoms with E-state index in [1.54, 1.807) is 7.11 Å². The Hall–Kier alpha value is -2.58. The van der Waals surface area contributed by atoms with Crippen LogP contribution in [0.5, 0.6) is 11.5 Å². The maximum Gasteiger partial charge on any atom is 0.258 e. The number of methoxy groups -OCH3 is 1. The van der Waals surface area contributed by atoms with Gasteiger partial charge in [0.15, 0.2) is 6.61 Å². The first-order valence-electron chi connectivity index (χ1n) is 9.37. The number of carbonyl (C=O) groups excluding carboxylic acids is 1. The zero-order chi connectivity index (χ0) is 21.4. The van der Waals surface area contributed by atoms with Gasteiger partial charge in [0.05, 0.1) is 18.0 Å². The molecule has 0 fully saturated rings. The summed E-state index contributed by atoms with van der Waals surface area (Å²) in [5.41, 5.74) is 0.947. The molecule has 2 aromatic rings. The lowest BCUT2D eigenvalue weighted by atomic mass is 10.1. The summed E-state index contributed by atoms with van der Waals surface area (Å²) in [6, 6.07) is 13.2. The largest absolute Gasteiger partial charge is 0.497 e. The first kappa shape index (κ1) is 22.7. The summed E-state index contributed by atoms with van der Waals surface area (Å²) in [5, 5.41) is 2.86. The SMILES string of the molecule is COc1ccc(C(C)NC(=O)COc2ccc(S(=O)(=O)NCC(C)C)cc2)cc1. The molecule has 1 atom stereocenters. The normalized spacial score (nSPS) is 12.4. The van der Waals surface area contributed by atoms with Gasteiger partial charge in [0, 0.05) is 6.54 Å². The molecule has 1 unspecified atom stereocenters. The van der Waals surface area contributed by atoms with Crippen LogP contribution in [0.25, 0.3) is 0 Å². The van der Waals surface area contributed by atoms with Crippen molar-refractivity contribution in [1.82, 2.24) is 10.0 Å². The first-order valence-corrected chi connectivity index (χ1v) is 10.9. The van der Waals surface area contributed by atoms with Gasteiger partial charge in [0.1, 0.15) is 11.5 Å². The minimum Gasteiger partial charge on any atom is -0.497 e. The summed E-state index contributed by atoms with van der Waals surface area (Å²) < 4.78 is 37.5. The van der Waals surface area contributed by atoms with Gasteiger partial charge >= 0.3 is 0 Å². The molecule has 0 saturated carbocycles. The van der Waals surface area contributed by atoms with Crippen LogP contribution < -0.4 is 19.5 Å². The molecule has 0 radical (unpaired) electrons. The van der Waals surface area contributed by atoms with Crippen molar-refractivity contribution < 1.29 is 22.7 Å². The standard InChI is InChI=1S/C21H28N2O5S/c1-15(2)13-22-29(25,26)20-11-9-19(10-12-20)28-14-21(24)23-16(3)17-5-7-18(27-4)8-6-17/h5-12,15-16,22H,13-14H2,1-4H3,(H,23,24). The molecule has 0 aliphatic rings. The lowest BCUT2D eigenvalue weighted by molar-refractivity contribution is -0.123. The van der Waals surface area contributed by atoms with Crippen LogP contribution in [-0.2, 0) is 14.8 Å². The van der Waals surface area contributed by atoms with Crippen molar-refractivity contribution in [3.05, 3.63) is 54.1 Å². The summed E-state index contributed by atoms with van der Waals surface area (Å²) in [7, 11) is -1.95. The van der Waals surface area contributed by atoms with Crippen molar-refractivity contribution in [2.24, 2.45) is 5.92 Å². The van der Waals surface area contributed by atoms with Crippen molar-refractivity contribution in [1.29, 1.82) is 0 Å². The molecule has 0 aliphatic carbocycles. The highest BCUT2D eigenvalue weighted by Gasteiger charge is 2.15. The Balaban J connectivity index is 1.86. The van der Waals surface area contributed by atoms with E-state index in [1.165, 1.54) is 24.3 Å². The molecule has 29 heavy (non-hydrogen) atoms. The number of hydrogen-bond donors (Lipinski definition) is 2. The Kier molecular flexibility index (Phi) is 8.04. The van der Waals surface area contributed by atoms with E-state index in [4.69, 9.17) is 9.47 Å². The average Bonchev–Trinajstić information content (AvgIpc) is 2.71. The van der Waals surface area contributed by atoms with Gasteiger partial charge in [-0.05, 0) is 54.8 Å². The lowest BCUT2D eigenvalue weighted by Gasteiger charge is -2.15. The van der Waals surface area contributed by atoms with E-state index in [0.29, 0.717) is 12.3 Å². The Morgan fingerprint density at radius 2 is 1.55 bits per heavy atom. The fourth-order valence-corrected chi connectivity index (χ4v) is 3.70. The molecule has 0 heterocycles. The van der Waals surface area contributed by atoms with E-state index in [2.05, 4.69) is 10.0 Å². The number of sulfonamides is 1. The fraction of sp³-hybridized carbons (Fsp3) is 0.381. The van der Waals surface area contributed by atoms with Crippen LogP contribution in [0.2, 0.25) is 0 Å². The third kappa shape index (κ3) is 7.07. The average molecular weight is 421 g/mol. The van der Waals surface area contributed by atoms with Crippen LogP contribution in [-0.4, -0.2) is 34.6 Å². The van der Waals surface area contributed by atoms with Crippen LogP contribution in [0.1, 0.15) is 32.4 Å². The molecule has 2 N–H and O–H groups in total. The number of carbonyl (C=O) groups is 1. The van der Waals surface area contributed by atoms with Crippen molar-refractivity contribution >= 4 is 15.9 Å². The van der Waals surface area contributed by atoms with Gasteiger partial charge in [0.25, 0.3) is 5.91 Å². The van der Waals surface area contributed by atoms with Gasteiger partial charge < -0.3 is 14.8 Å². The van der Waals surface area contributed by atoms with E-state index in [9.17, 15) is 13.2 Å². The monoisotopic (exact) mass is 420 g/mol. The predicted molar refractivity (Wildman–Crippen MR) is 112 cm³/mol. The predicted octanol–water partition coefficient (Wildman–Crippen LogP) is 2.89. The summed E-state index contributed by atoms with van der Waals surface area (Å²) >= 11 is 0. The van der Waals surface area contributed by atoms with Crippen LogP contribution >= 0.6 is 0 Å². The second kappa shape index (κ2) is 10.3. The quantitative estimate of drug-likeness (QED) is 0.616. The Bertz CT molecular complexity index is 894. The van der Waals surface area contributed by atoms with Crippen LogP contribution in [0.4, 0.5) is 0 Å². The molecule has 2 aromatic carbocycles. The van der Waals surface area contributed by atoms with Gasteiger partial charge in [-0.25, -0.2) is 13.1 Å². The number of benzene rings is 2. The summed E-state index contributed by atoms with van der Waals surface area (Å²) in [6.45, 7) is 5.94. The minimum absolute atomic E-state index is 0.156. The molecule has 7 nitrogen and oxygen atoms in total. The molecular formula is C21H28N2O5S. The molecule has 158 valence electrons. The minimum atomic E-state index is -3.55. The van der Waals surface area contributed by atoms with Crippen LogP contribution in [0, 0.1) is 5.92 Å². The van der Waals surface area contributed by atoms with Crippen LogP contribution in [0.3, 0.4) is 0 Å². The van der Waals surface area contributed by atoms with E-state index >= 15 is 0 Å². The number of ether oxygens (including phenoxy) is 2. The molecule has 0 bridgehead atoms. The summed E-state index contributed by atoms with van der Waals surface area (Å²) in [4.78, 5) is 12.3. The van der Waals surface area contributed by atoms with E-state index in [0.717, 1.165) is 11.3 Å². The highest BCUT2D eigenvalue weighted by Crippen LogP contribution is 2.18. The van der Waals surface area contributed by atoms with E-state index in [-0.39, 0.29) is 29.4 Å². The van der Waals surface area contributed by atoms with Crippen LogP contribution in [0.15, 0.2) is 53.4 Å². The third-order valence-corrected chi connectivity index (χ3v) is 5.62. The molecule has 0 aliphatic heterocycles. The number of nitrogens with one attached hydrogen (secondary N) is 2. The van der Waals surface area contributed by atoms with Gasteiger partial charge in [0.2, 0.25) is 10.0 Å². The van der Waals surface area contributed by atoms with Crippen molar-refractivity contribution in [3.8, 4) is 11.5 Å². The number of rotatable bonds is 10. The first-order chi connectivity index (χ1) is 13.7. The molecule has 1 amide bonds. The maximum atomic E-state index is 12.2. The van der Waals surface area contributed by atoms with E-state index in [1.807, 2.05) is 45.0 Å². The highest BCUT2D eigenvalue weighted by atomic mass is 32.2. The topological polar surface area (TPSA) is 93.7 Å². The highest BCUT2D eigenvalue weighted by molar-refractivity contribution is 7.89. The summed E-state index contributed by atoms with van der Waals surface area (Å²) in [5.74, 6) is 1.11. The number of hydrogen-bond acceptors (Lipinski definition) is 5. The van der Waals surface area contributed by atoms with Gasteiger partial charge in [-0.2, -0.15) is 0 Å². The molecule has 2 rings (SSSR count). The maximum absolute atomic E-state index is 12.2. The molecular weight excluding hydrogens is 392 g/mol. The van der Waals surface area contributed by atoms with E-state index < -0.39 is 10.0 Å². The molecule has 0 saturated heterocycles. The van der Waals surface area contributed by atoms with Gasteiger partial charge in [-0.3, -0.25) is 4.79 Å². The molecule has 0 aromatic heterocycles. The van der Waals surface area contributed by atoms with Crippen molar-refractivity contribution in [3.63, 3.8) is 0 Å². The smallest absolute Gasteiger partial charge is 0.258 e.